The van der Waals surface area contributed by atoms with Crippen LogP contribution in [0.5, 0.6) is 0 Å². The Kier molecular flexibility index (Phi) is 11.4. The maximum atomic E-state index is 6.24. The zero-order valence-electron chi connectivity index (χ0n) is 20.0. The van der Waals surface area contributed by atoms with Gasteiger partial charge in [-0.25, -0.2) is 0 Å². The first kappa shape index (κ1) is 27.6. The van der Waals surface area contributed by atoms with Crippen molar-refractivity contribution >= 4 is 11.6 Å². The Labute approximate surface area is 200 Å². The van der Waals surface area contributed by atoms with Crippen LogP contribution in [-0.4, -0.2) is 66.0 Å². The summed E-state index contributed by atoms with van der Waals surface area (Å²) in [7, 11) is 0. The van der Waals surface area contributed by atoms with Crippen molar-refractivity contribution in [3.05, 3.63) is 36.5 Å². The van der Waals surface area contributed by atoms with Gasteiger partial charge in [-0.3, -0.25) is 0 Å². The van der Waals surface area contributed by atoms with Gasteiger partial charge in [0.1, 0.15) is 0 Å². The van der Waals surface area contributed by atoms with Crippen LogP contribution in [0, 0.1) is 29.6 Å². The van der Waals surface area contributed by atoms with E-state index in [0.29, 0.717) is 23.9 Å². The normalized spacial score (nSPS) is 33.9. The first-order valence-corrected chi connectivity index (χ1v) is 12.9. The van der Waals surface area contributed by atoms with Crippen LogP contribution < -0.4 is 10.6 Å². The number of allylic oxidation sites excluding steroid dienone is 4. The van der Waals surface area contributed by atoms with Crippen LogP contribution in [0.25, 0.3) is 0 Å². The molecule has 6 heteroatoms. The van der Waals surface area contributed by atoms with Gasteiger partial charge in [0.2, 0.25) is 0 Å². The fraction of sp³-hybridized carbons (Fsp3) is 0.769. The number of hydrogen-bond acceptors (Lipinski definition) is 3. The molecule has 6 N–H and O–H groups in total. The standard InChI is InChI=1S/C26H42ClN3.2H2O/c1-19(2)26(29-17-20-15-23-5-3-4-6-25(23)28-16-20)18-30-13-11-22(12-14-30)21-7-9-24(27)10-8-21;;/h3-7,9,19-26,28-29H,8,10-18H2,1-2H3;2*1H2/t20?,21?,23?,24?,25?,26-;;/m0../s1. The van der Waals surface area contributed by atoms with Gasteiger partial charge in [-0.15, -0.1) is 11.6 Å². The minimum Gasteiger partial charge on any atom is -0.412 e. The molecule has 0 aromatic rings. The summed E-state index contributed by atoms with van der Waals surface area (Å²) < 4.78 is 0. The van der Waals surface area contributed by atoms with Gasteiger partial charge >= 0.3 is 0 Å². The van der Waals surface area contributed by atoms with Gasteiger partial charge in [0.15, 0.2) is 0 Å². The zero-order valence-corrected chi connectivity index (χ0v) is 20.7. The van der Waals surface area contributed by atoms with Crippen molar-refractivity contribution in [2.45, 2.75) is 63.4 Å². The average Bonchev–Trinajstić information content (AvgIpc) is 2.77. The Morgan fingerprint density at radius 2 is 1.72 bits per heavy atom. The molecule has 4 rings (SSSR count). The lowest BCUT2D eigenvalue weighted by Crippen LogP contribution is -2.51. The third-order valence-electron chi connectivity index (χ3n) is 8.01. The molecule has 2 saturated heterocycles. The molecular weight excluding hydrogens is 422 g/mol. The smallest absolute Gasteiger partial charge is 0.0516 e. The number of piperidine rings is 2. The van der Waals surface area contributed by atoms with E-state index >= 15 is 0 Å². The summed E-state index contributed by atoms with van der Waals surface area (Å²) in [6.45, 7) is 10.8. The lowest BCUT2D eigenvalue weighted by molar-refractivity contribution is 0.132. The van der Waals surface area contributed by atoms with Crippen molar-refractivity contribution < 1.29 is 11.0 Å². The highest BCUT2D eigenvalue weighted by molar-refractivity contribution is 6.21. The van der Waals surface area contributed by atoms with Crippen molar-refractivity contribution in [3.63, 3.8) is 0 Å². The molecule has 4 aliphatic rings. The van der Waals surface area contributed by atoms with Gasteiger partial charge < -0.3 is 26.5 Å². The molecule has 32 heavy (non-hydrogen) atoms. The first-order valence-electron chi connectivity index (χ1n) is 12.4. The second-order valence-electron chi connectivity index (χ2n) is 10.5. The van der Waals surface area contributed by atoms with E-state index in [0.717, 1.165) is 37.3 Å². The van der Waals surface area contributed by atoms with E-state index < -0.39 is 0 Å². The first-order chi connectivity index (χ1) is 14.6. The minimum atomic E-state index is 0. The second-order valence-corrected chi connectivity index (χ2v) is 11.1. The summed E-state index contributed by atoms with van der Waals surface area (Å²) >= 11 is 6.24. The largest absolute Gasteiger partial charge is 0.412 e. The molecular formula is C26H46ClN3O2. The number of alkyl halides is 1. The topological polar surface area (TPSA) is 90.3 Å². The maximum absolute atomic E-state index is 6.24. The Bertz CT molecular complexity index is 631. The van der Waals surface area contributed by atoms with E-state index in [2.05, 4.69) is 65.8 Å². The minimum absolute atomic E-state index is 0. The summed E-state index contributed by atoms with van der Waals surface area (Å²) in [5, 5.41) is 7.98. The number of likely N-dealkylation sites (tertiary alicyclic amines) is 1. The van der Waals surface area contributed by atoms with E-state index in [-0.39, 0.29) is 16.3 Å². The number of halogens is 1. The van der Waals surface area contributed by atoms with Crippen LogP contribution in [0.2, 0.25) is 0 Å². The van der Waals surface area contributed by atoms with Gasteiger partial charge in [-0.05, 0) is 87.9 Å². The molecule has 0 amide bonds. The molecule has 2 aliphatic carbocycles. The summed E-state index contributed by atoms with van der Waals surface area (Å²) in [5.41, 5.74) is 0. The Hall–Kier alpha value is -0.690. The highest BCUT2D eigenvalue weighted by Gasteiger charge is 2.30. The molecule has 2 fully saturated rings. The fourth-order valence-electron chi connectivity index (χ4n) is 5.90. The molecule has 5 unspecified atom stereocenters. The predicted octanol–water partition coefficient (Wildman–Crippen LogP) is 2.96. The van der Waals surface area contributed by atoms with Gasteiger partial charge in [0.05, 0.1) is 5.38 Å². The van der Waals surface area contributed by atoms with Crippen molar-refractivity contribution in [2.75, 3.05) is 32.7 Å². The lowest BCUT2D eigenvalue weighted by Gasteiger charge is -2.39. The molecule has 2 heterocycles. The molecule has 0 aromatic heterocycles. The predicted molar refractivity (Wildman–Crippen MR) is 136 cm³/mol. The summed E-state index contributed by atoms with van der Waals surface area (Å²) in [6, 6.07) is 1.15. The van der Waals surface area contributed by atoms with Crippen molar-refractivity contribution in [2.24, 2.45) is 29.6 Å². The van der Waals surface area contributed by atoms with Crippen LogP contribution in [0.4, 0.5) is 0 Å². The highest BCUT2D eigenvalue weighted by Crippen LogP contribution is 2.33. The molecule has 0 radical (unpaired) electrons. The van der Waals surface area contributed by atoms with E-state index in [4.69, 9.17) is 11.6 Å². The third-order valence-corrected chi connectivity index (χ3v) is 8.37. The van der Waals surface area contributed by atoms with E-state index in [1.807, 2.05) is 0 Å². The number of nitrogens with one attached hydrogen (secondary N) is 2. The monoisotopic (exact) mass is 467 g/mol. The zero-order chi connectivity index (χ0) is 20.9. The molecule has 0 bridgehead atoms. The van der Waals surface area contributed by atoms with Crippen molar-refractivity contribution in [3.8, 4) is 0 Å². The summed E-state index contributed by atoms with van der Waals surface area (Å²) in [5.74, 6) is 3.72. The summed E-state index contributed by atoms with van der Waals surface area (Å²) in [4.78, 5) is 2.72. The van der Waals surface area contributed by atoms with Gasteiger partial charge in [-0.1, -0.05) is 50.3 Å². The van der Waals surface area contributed by atoms with Crippen molar-refractivity contribution in [1.82, 2.24) is 15.5 Å². The second kappa shape index (κ2) is 13.3. The van der Waals surface area contributed by atoms with E-state index in [1.54, 1.807) is 0 Å². The maximum Gasteiger partial charge on any atom is 0.0516 e. The average molecular weight is 468 g/mol. The van der Waals surface area contributed by atoms with Crippen molar-refractivity contribution in [1.29, 1.82) is 0 Å². The molecule has 0 saturated carbocycles. The third kappa shape index (κ3) is 7.41. The van der Waals surface area contributed by atoms with E-state index in [9.17, 15) is 0 Å². The number of rotatable bonds is 7. The van der Waals surface area contributed by atoms with E-state index in [1.165, 1.54) is 45.3 Å². The quantitative estimate of drug-likeness (QED) is 0.445. The Morgan fingerprint density at radius 3 is 2.41 bits per heavy atom. The fourth-order valence-corrected chi connectivity index (χ4v) is 6.11. The van der Waals surface area contributed by atoms with Gasteiger partial charge in [0.25, 0.3) is 0 Å². The highest BCUT2D eigenvalue weighted by atomic mass is 35.5. The van der Waals surface area contributed by atoms with Gasteiger partial charge in [-0.2, -0.15) is 0 Å². The lowest BCUT2D eigenvalue weighted by atomic mass is 9.79. The Balaban J connectivity index is 0.00000181. The number of fused-ring (bicyclic) bond motifs is 1. The van der Waals surface area contributed by atoms with Crippen LogP contribution in [-0.2, 0) is 0 Å². The molecule has 2 aliphatic heterocycles. The Morgan fingerprint density at radius 1 is 0.969 bits per heavy atom. The van der Waals surface area contributed by atoms with Crippen LogP contribution in [0.1, 0.15) is 46.0 Å². The molecule has 5 nitrogen and oxygen atoms in total. The molecule has 6 atom stereocenters. The number of hydrogen-bond donors (Lipinski definition) is 2. The van der Waals surface area contributed by atoms with Crippen LogP contribution in [0.15, 0.2) is 36.5 Å². The molecule has 0 spiro atoms. The molecule has 0 aromatic carbocycles. The molecule has 184 valence electrons. The number of nitrogens with zero attached hydrogens (tertiary/aromatic N) is 1. The van der Waals surface area contributed by atoms with Crippen LogP contribution >= 0.6 is 11.6 Å². The van der Waals surface area contributed by atoms with Gasteiger partial charge in [0, 0.05) is 18.6 Å². The van der Waals surface area contributed by atoms with Crippen LogP contribution in [0.3, 0.4) is 0 Å². The summed E-state index contributed by atoms with van der Waals surface area (Å²) in [6.07, 6.45) is 20.2. The SMILES string of the molecule is CC(C)[C@H](CN1CCC(C2C=CC(Cl)CC2)CC1)NCC1CNC2C=CC=CC2C1.O.O.